The van der Waals surface area contributed by atoms with Crippen molar-refractivity contribution < 1.29 is 35.1 Å². The van der Waals surface area contributed by atoms with Crippen molar-refractivity contribution in [2.45, 2.75) is 0 Å². The summed E-state index contributed by atoms with van der Waals surface area (Å²) in [7, 11) is 0. The highest BCUT2D eigenvalue weighted by molar-refractivity contribution is 5.85. The molecule has 8 aromatic rings. The van der Waals surface area contributed by atoms with Crippen LogP contribution in [-0.2, 0) is 0 Å². The Labute approximate surface area is 311 Å². The molecule has 0 fully saturated rings. The highest BCUT2D eigenvalue weighted by atomic mass is 19.2. The molecule has 0 saturated carbocycles. The van der Waals surface area contributed by atoms with Gasteiger partial charge in [-0.15, -0.1) is 0 Å². The minimum Gasteiger partial charge on any atom is -0.354 e. The Kier molecular flexibility index (Phi) is 8.26. The number of benzene rings is 4. The van der Waals surface area contributed by atoms with E-state index in [2.05, 4.69) is 19.9 Å². The van der Waals surface area contributed by atoms with Gasteiger partial charge in [0.25, 0.3) is 0 Å². The minimum atomic E-state index is -0.943. The zero-order valence-corrected chi connectivity index (χ0v) is 28.6. The number of hydrogen-bond donors (Lipinski definition) is 4. The number of aromatic nitrogens is 4. The summed E-state index contributed by atoms with van der Waals surface area (Å²) in [4.78, 5) is 12.3. The number of H-pyrrole nitrogens is 4. The predicted molar refractivity (Wildman–Crippen MR) is 194 cm³/mol. The lowest BCUT2D eigenvalue weighted by atomic mass is 10.0. The van der Waals surface area contributed by atoms with Crippen molar-refractivity contribution in [3.8, 4) is 0 Å². The molecule has 0 spiro atoms. The van der Waals surface area contributed by atoms with E-state index in [-0.39, 0.29) is 66.5 Å². The third-order valence-corrected chi connectivity index (χ3v) is 9.75. The van der Waals surface area contributed by atoms with Gasteiger partial charge in [-0.2, -0.15) is 0 Å². The summed E-state index contributed by atoms with van der Waals surface area (Å²) in [5.74, 6) is -7.54. The molecule has 8 bridgehead atoms. The van der Waals surface area contributed by atoms with Crippen molar-refractivity contribution in [2.75, 3.05) is 0 Å². The molecule has 0 radical (unpaired) electrons. The van der Waals surface area contributed by atoms with Crippen LogP contribution in [0.4, 0.5) is 35.1 Å². The summed E-state index contributed by atoms with van der Waals surface area (Å²) in [5, 5.41) is 0.359. The van der Waals surface area contributed by atoms with Crippen LogP contribution in [0.15, 0.2) is 121 Å². The maximum absolute atomic E-state index is 15.7. The fourth-order valence-corrected chi connectivity index (χ4v) is 7.35. The van der Waals surface area contributed by atoms with Crippen LogP contribution in [0.25, 0.3) is 22.3 Å². The Balaban J connectivity index is 1.50. The van der Waals surface area contributed by atoms with Crippen molar-refractivity contribution in [1.82, 2.24) is 19.9 Å². The Morgan fingerprint density at radius 3 is 0.625 bits per heavy atom. The minimum absolute atomic E-state index is 0.0584. The fraction of sp³-hybridized carbons (Fsp3) is 0. The second-order valence-electron chi connectivity index (χ2n) is 13.0. The van der Waals surface area contributed by atoms with Gasteiger partial charge in [0.05, 0.1) is 22.3 Å². The van der Waals surface area contributed by atoms with Crippen molar-refractivity contribution >= 4 is 22.3 Å². The van der Waals surface area contributed by atoms with E-state index in [9.17, 15) is 0 Å². The number of aromatic amines is 4. The van der Waals surface area contributed by atoms with E-state index in [1.807, 2.05) is 0 Å². The predicted octanol–water partition coefficient (Wildman–Crippen LogP) is 7.41. The Hall–Kier alpha value is -7.08. The molecule has 9 rings (SSSR count). The van der Waals surface area contributed by atoms with E-state index >= 15 is 35.1 Å². The van der Waals surface area contributed by atoms with Crippen LogP contribution in [0.2, 0.25) is 0 Å². The first-order chi connectivity index (χ1) is 27.1. The molecule has 4 aromatic heterocycles. The molecule has 56 heavy (non-hydrogen) atoms. The Bertz CT molecular complexity index is 2650. The zero-order valence-electron chi connectivity index (χ0n) is 28.6. The van der Waals surface area contributed by atoms with Crippen LogP contribution in [0.5, 0.6) is 0 Å². The van der Waals surface area contributed by atoms with Crippen LogP contribution < -0.4 is 21.4 Å². The molecular weight excluding hydrogens is 736 g/mol. The topological polar surface area (TPSA) is 63.2 Å². The number of halogens is 8. The van der Waals surface area contributed by atoms with E-state index in [4.69, 9.17) is 0 Å². The van der Waals surface area contributed by atoms with Gasteiger partial charge in [0.1, 0.15) is 46.5 Å². The smallest absolute Gasteiger partial charge is 0.134 e. The first-order valence-corrected chi connectivity index (χ1v) is 17.1. The lowest BCUT2D eigenvalue weighted by Gasteiger charge is -2.12. The largest absolute Gasteiger partial charge is 0.354 e. The maximum atomic E-state index is 15.7. The van der Waals surface area contributed by atoms with Gasteiger partial charge in [-0.05, 0) is 97.1 Å². The Morgan fingerprint density at radius 2 is 0.429 bits per heavy atom. The molecule has 0 saturated heterocycles. The van der Waals surface area contributed by atoms with Crippen molar-refractivity contribution in [3.63, 3.8) is 0 Å². The van der Waals surface area contributed by atoms with Gasteiger partial charge in [-0.3, -0.25) is 0 Å². The first-order valence-electron chi connectivity index (χ1n) is 17.1. The van der Waals surface area contributed by atoms with E-state index in [0.29, 0.717) is 0 Å². The van der Waals surface area contributed by atoms with Crippen molar-refractivity contribution in [3.05, 3.63) is 234 Å². The van der Waals surface area contributed by atoms with Gasteiger partial charge in [-0.25, -0.2) is 35.1 Å². The number of fused-ring (bicyclic) bond motifs is 8. The average Bonchev–Trinajstić information content (AvgIpc) is 4.00. The lowest BCUT2D eigenvalue weighted by Crippen LogP contribution is -2.20. The second kappa shape index (κ2) is 13.3. The van der Waals surface area contributed by atoms with Gasteiger partial charge in [0, 0.05) is 66.5 Å². The molecule has 0 atom stereocenters. The van der Waals surface area contributed by atoms with Crippen LogP contribution in [-0.4, -0.2) is 19.9 Å². The first kappa shape index (κ1) is 34.7. The molecule has 4 nitrogen and oxygen atoms in total. The second-order valence-corrected chi connectivity index (χ2v) is 13.0. The van der Waals surface area contributed by atoms with Crippen molar-refractivity contribution in [2.24, 2.45) is 0 Å². The van der Waals surface area contributed by atoms with Crippen LogP contribution in [0.3, 0.4) is 0 Å². The monoisotopic (exact) mass is 760 g/mol. The molecule has 276 valence electrons. The summed E-state index contributed by atoms with van der Waals surface area (Å²) in [6.45, 7) is 0. The molecule has 0 aliphatic carbocycles. The van der Waals surface area contributed by atoms with Gasteiger partial charge in [-0.1, -0.05) is 24.3 Å². The highest BCUT2D eigenvalue weighted by Gasteiger charge is 2.26. The van der Waals surface area contributed by atoms with Gasteiger partial charge in [0.2, 0.25) is 0 Å². The van der Waals surface area contributed by atoms with E-state index in [1.54, 1.807) is 0 Å². The third-order valence-electron chi connectivity index (χ3n) is 9.75. The maximum Gasteiger partial charge on any atom is 0.134 e. The van der Waals surface area contributed by atoms with Gasteiger partial charge in [0.15, 0.2) is 0 Å². The standard InChI is InChI=1S/C44H24F8N4/c45-21-5-1-6-22(46)37(21)41-29-13-15-31(53-29)42(38-23(47)7-2-8-24(38)48)33-17-19-35(55-33)44(40-27(51)11-4-12-28(40)52)36-20-18-34(56-36)43(32-16-14-30(41)54-32)39-25(49)9-3-10-26(39)50/h1-20,53-56H. The molecule has 5 heterocycles. The van der Waals surface area contributed by atoms with Crippen molar-refractivity contribution in [1.29, 1.82) is 0 Å². The molecule has 0 unspecified atom stereocenters. The normalized spacial score (nSPS) is 12.9. The summed E-state index contributed by atoms with van der Waals surface area (Å²) in [6.07, 6.45) is 0. The third kappa shape index (κ3) is 5.60. The number of rotatable bonds is 4. The van der Waals surface area contributed by atoms with E-state index in [1.165, 1.54) is 72.8 Å². The molecule has 0 amide bonds. The zero-order chi connectivity index (χ0) is 38.8. The molecule has 1 aliphatic rings. The molecule has 4 N–H and O–H groups in total. The summed E-state index contributed by atoms with van der Waals surface area (Å²) in [6, 6.07) is 24.9. The average molecular weight is 761 g/mol. The number of hydrogen-bond acceptors (Lipinski definition) is 0. The molecule has 12 heteroatoms. The van der Waals surface area contributed by atoms with Gasteiger partial charge >= 0.3 is 0 Å². The molecule has 4 aromatic carbocycles. The van der Waals surface area contributed by atoms with Crippen LogP contribution in [0.1, 0.15) is 45.0 Å². The fourth-order valence-electron chi connectivity index (χ4n) is 7.35. The summed E-state index contributed by atoms with van der Waals surface area (Å²) in [5.41, 5.74) is -1.75. The number of nitrogens with one attached hydrogen (secondary N) is 4. The van der Waals surface area contributed by atoms with Crippen LogP contribution in [0, 0.1) is 46.5 Å². The van der Waals surface area contributed by atoms with Crippen LogP contribution >= 0.6 is 0 Å². The highest BCUT2D eigenvalue weighted by Crippen LogP contribution is 2.32. The Morgan fingerprint density at radius 1 is 0.232 bits per heavy atom. The SMILES string of the molecule is Fc1cccc(F)c1C1=c2ccc([nH]2)=C(c2c(F)cccc2F)c2ccc([nH]2)C(c2c(F)cccc2F)=c2ccc([nH]2)=C(c2c(F)cccc2F)c2ccc1[nH]2. The summed E-state index contributed by atoms with van der Waals surface area (Å²) >= 11 is 0. The quantitative estimate of drug-likeness (QED) is 0.135. The summed E-state index contributed by atoms with van der Waals surface area (Å²) < 4.78 is 126. The lowest BCUT2D eigenvalue weighted by molar-refractivity contribution is 0.576. The van der Waals surface area contributed by atoms with Gasteiger partial charge < -0.3 is 19.9 Å². The molecular formula is C44H24F8N4. The van der Waals surface area contributed by atoms with E-state index < -0.39 is 68.8 Å². The molecule has 1 aliphatic heterocycles. The van der Waals surface area contributed by atoms with E-state index in [0.717, 1.165) is 48.5 Å².